The molecular formula is C15H16ClNO. The van der Waals surface area contributed by atoms with Gasteiger partial charge in [-0.15, -0.1) is 0 Å². The van der Waals surface area contributed by atoms with Gasteiger partial charge in [-0.1, -0.05) is 11.6 Å². The standard InChI is InChI=1S/C15H16ClNO/c1-8-5-9(16)6-13-10-3-2-4-11(15(17)18)14(10)7-12(8)13/h5-6,11H,2-4,7H2,1H3,(H2,17,18)/i3D2,4D2,6D,11D. The summed E-state index contributed by atoms with van der Waals surface area (Å²) in [6.07, 6.45) is -5.25. The van der Waals surface area contributed by atoms with E-state index in [2.05, 4.69) is 0 Å². The van der Waals surface area contributed by atoms with E-state index in [4.69, 9.17) is 25.6 Å². The Labute approximate surface area is 120 Å². The van der Waals surface area contributed by atoms with Gasteiger partial charge in [0.15, 0.2) is 0 Å². The fourth-order valence-electron chi connectivity index (χ4n) is 2.53. The number of aryl methyl sites for hydroxylation is 1. The maximum atomic E-state index is 12.0. The number of primary amides is 1. The summed E-state index contributed by atoms with van der Waals surface area (Å²) in [5.41, 5.74) is 6.98. The van der Waals surface area contributed by atoms with Gasteiger partial charge in [0.2, 0.25) is 5.91 Å². The lowest BCUT2D eigenvalue weighted by atomic mass is 9.82. The summed E-state index contributed by atoms with van der Waals surface area (Å²) in [7, 11) is 0. The fourth-order valence-corrected chi connectivity index (χ4v) is 2.79. The van der Waals surface area contributed by atoms with Crippen molar-refractivity contribution in [1.29, 1.82) is 0 Å². The van der Waals surface area contributed by atoms with Crippen LogP contribution in [0, 0.1) is 12.8 Å². The molecule has 0 aromatic heterocycles. The number of carbonyl (C=O) groups is 1. The first kappa shape index (κ1) is 6.76. The third kappa shape index (κ3) is 1.67. The van der Waals surface area contributed by atoms with Crippen molar-refractivity contribution in [1.82, 2.24) is 0 Å². The van der Waals surface area contributed by atoms with Crippen LogP contribution in [0.4, 0.5) is 0 Å². The topological polar surface area (TPSA) is 43.1 Å². The maximum Gasteiger partial charge on any atom is 0.224 e. The zero-order valence-electron chi connectivity index (χ0n) is 15.9. The second-order valence-corrected chi connectivity index (χ2v) is 4.86. The van der Waals surface area contributed by atoms with Crippen molar-refractivity contribution in [2.24, 2.45) is 11.6 Å². The summed E-state index contributed by atoms with van der Waals surface area (Å²) in [6.45, 7) is 1.75. The highest BCUT2D eigenvalue weighted by Crippen LogP contribution is 2.45. The van der Waals surface area contributed by atoms with Crippen LogP contribution in [-0.4, -0.2) is 5.91 Å². The van der Waals surface area contributed by atoms with Gasteiger partial charge in [-0.05, 0) is 72.5 Å². The number of hydrogen-bond acceptors (Lipinski definition) is 1. The minimum absolute atomic E-state index is 0.00474. The van der Waals surface area contributed by atoms with Gasteiger partial charge in [0.05, 0.1) is 7.26 Å². The number of hydrogen-bond donors (Lipinski definition) is 1. The summed E-state index contributed by atoms with van der Waals surface area (Å²) < 4.78 is 49.5. The first-order chi connectivity index (χ1) is 10.8. The van der Waals surface area contributed by atoms with Gasteiger partial charge < -0.3 is 5.73 Å². The molecule has 0 radical (unpaired) electrons. The molecule has 2 aliphatic carbocycles. The molecule has 1 aromatic rings. The largest absolute Gasteiger partial charge is 0.369 e. The van der Waals surface area contributed by atoms with Crippen LogP contribution in [0.15, 0.2) is 17.7 Å². The lowest BCUT2D eigenvalue weighted by Crippen LogP contribution is -2.27. The minimum Gasteiger partial charge on any atom is -0.369 e. The van der Waals surface area contributed by atoms with Crippen LogP contribution < -0.4 is 5.73 Å². The van der Waals surface area contributed by atoms with Gasteiger partial charge in [0, 0.05) is 11.9 Å². The Morgan fingerprint density at radius 3 is 3.22 bits per heavy atom. The average molecular weight is 268 g/mol. The van der Waals surface area contributed by atoms with Crippen LogP contribution in [0.3, 0.4) is 0 Å². The Balaban J connectivity index is 2.41. The molecule has 3 heteroatoms. The third-order valence-electron chi connectivity index (χ3n) is 3.35. The van der Waals surface area contributed by atoms with Gasteiger partial charge >= 0.3 is 0 Å². The molecular weight excluding hydrogens is 246 g/mol. The summed E-state index contributed by atoms with van der Waals surface area (Å²) in [5.74, 6) is -3.53. The van der Waals surface area contributed by atoms with Crippen molar-refractivity contribution in [2.75, 3.05) is 0 Å². The summed E-state index contributed by atoms with van der Waals surface area (Å²) in [6, 6.07) is 1.52. The first-order valence-corrected chi connectivity index (χ1v) is 6.05. The van der Waals surface area contributed by atoms with Crippen molar-refractivity contribution >= 4 is 23.1 Å². The van der Waals surface area contributed by atoms with Crippen LogP contribution in [0.1, 0.15) is 44.1 Å². The fraction of sp³-hybridized carbons (Fsp3) is 0.400. The van der Waals surface area contributed by atoms with E-state index in [-0.39, 0.29) is 34.2 Å². The van der Waals surface area contributed by atoms with E-state index < -0.39 is 31.0 Å². The van der Waals surface area contributed by atoms with Crippen molar-refractivity contribution in [3.8, 4) is 0 Å². The number of amides is 1. The first-order valence-electron chi connectivity index (χ1n) is 8.67. The SMILES string of the molecule is [2H]c1c(Cl)cc(C)c2c1C1=C(C2)C([2H])(C(N)=O)C([2H])([2H])CC1([2H])[2H]. The number of nitrogens with two attached hydrogens (primary N) is 1. The van der Waals surface area contributed by atoms with Crippen molar-refractivity contribution in [3.05, 3.63) is 39.4 Å². The Kier molecular flexibility index (Phi) is 1.55. The summed E-state index contributed by atoms with van der Waals surface area (Å²) >= 11 is 6.07. The molecule has 94 valence electrons. The summed E-state index contributed by atoms with van der Waals surface area (Å²) in [5, 5.41) is 0.152. The number of benzene rings is 1. The molecule has 0 fully saturated rings. The van der Waals surface area contributed by atoms with E-state index in [0.29, 0.717) is 11.1 Å². The highest BCUT2D eigenvalue weighted by Gasteiger charge is 2.33. The van der Waals surface area contributed by atoms with Crippen LogP contribution in [0.25, 0.3) is 5.57 Å². The van der Waals surface area contributed by atoms with Crippen molar-refractivity contribution in [3.63, 3.8) is 0 Å². The molecule has 2 aliphatic rings. The molecule has 0 heterocycles. The van der Waals surface area contributed by atoms with E-state index in [9.17, 15) is 4.79 Å². The lowest BCUT2D eigenvalue weighted by Gasteiger charge is -2.22. The average Bonchev–Trinajstić information content (AvgIpc) is 2.83. The molecule has 2 nitrogen and oxygen atoms in total. The monoisotopic (exact) mass is 267 g/mol. The van der Waals surface area contributed by atoms with Gasteiger partial charge in [-0.25, -0.2) is 0 Å². The molecule has 3 rings (SSSR count). The quantitative estimate of drug-likeness (QED) is 0.834. The second kappa shape index (κ2) is 4.13. The van der Waals surface area contributed by atoms with Crippen LogP contribution >= 0.6 is 11.6 Å². The molecule has 1 unspecified atom stereocenters. The zero-order chi connectivity index (χ0) is 18.2. The Bertz CT molecular complexity index is 819. The van der Waals surface area contributed by atoms with E-state index in [0.717, 1.165) is 0 Å². The Hall–Kier alpha value is -1.28. The van der Waals surface area contributed by atoms with Crippen LogP contribution in [0.5, 0.6) is 0 Å². The molecule has 1 aromatic carbocycles. The molecule has 0 saturated carbocycles. The predicted molar refractivity (Wildman–Crippen MR) is 73.3 cm³/mol. The van der Waals surface area contributed by atoms with Gasteiger partial charge in [-0.2, -0.15) is 0 Å². The Morgan fingerprint density at radius 2 is 2.50 bits per heavy atom. The minimum atomic E-state index is -2.46. The van der Waals surface area contributed by atoms with Gasteiger partial charge in [-0.3, -0.25) is 4.79 Å². The number of fused-ring (bicyclic) bond motifs is 2. The summed E-state index contributed by atoms with van der Waals surface area (Å²) in [4.78, 5) is 12.0. The van der Waals surface area contributed by atoms with Crippen LogP contribution in [0.2, 0.25) is 5.02 Å². The smallest absolute Gasteiger partial charge is 0.224 e. The van der Waals surface area contributed by atoms with E-state index >= 15 is 0 Å². The Morgan fingerprint density at radius 1 is 1.72 bits per heavy atom. The number of halogens is 1. The molecule has 0 bridgehead atoms. The van der Waals surface area contributed by atoms with Gasteiger partial charge in [0.1, 0.15) is 0 Å². The highest BCUT2D eigenvalue weighted by molar-refractivity contribution is 6.30. The van der Waals surface area contributed by atoms with Crippen LogP contribution in [-0.2, 0) is 11.2 Å². The van der Waals surface area contributed by atoms with Gasteiger partial charge in [0.25, 0.3) is 0 Å². The van der Waals surface area contributed by atoms with Crippen molar-refractivity contribution < 1.29 is 13.0 Å². The van der Waals surface area contributed by atoms with E-state index in [1.54, 1.807) is 13.0 Å². The molecule has 0 saturated heterocycles. The molecule has 0 aliphatic heterocycles. The molecule has 0 spiro atoms. The maximum absolute atomic E-state index is 12.0. The predicted octanol–water partition coefficient (Wildman–Crippen LogP) is 3.24. The highest BCUT2D eigenvalue weighted by atomic mass is 35.5. The molecule has 1 amide bonds. The number of rotatable bonds is 1. The molecule has 1 atom stereocenters. The number of carbonyl (C=O) groups excluding carboxylic acids is 1. The number of allylic oxidation sites excluding steroid dienone is 1. The zero-order valence-corrected chi connectivity index (χ0v) is 10.6. The van der Waals surface area contributed by atoms with E-state index in [1.807, 2.05) is 0 Å². The molecule has 2 N–H and O–H groups in total. The normalized spacial score (nSPS) is 36.3. The lowest BCUT2D eigenvalue weighted by molar-refractivity contribution is -0.121. The second-order valence-electron chi connectivity index (χ2n) is 4.45. The molecule has 18 heavy (non-hydrogen) atoms. The van der Waals surface area contributed by atoms with E-state index in [1.165, 1.54) is 0 Å². The third-order valence-corrected chi connectivity index (χ3v) is 3.55. The van der Waals surface area contributed by atoms with Crippen molar-refractivity contribution in [2.45, 2.75) is 32.5 Å².